The Morgan fingerprint density at radius 3 is 2.29 bits per heavy atom. The molecule has 2 aliphatic rings. The minimum absolute atomic E-state index is 0. The number of rotatable bonds is 3. The van der Waals surface area contributed by atoms with Crippen molar-refractivity contribution >= 4 is 18.3 Å². The van der Waals surface area contributed by atoms with Crippen LogP contribution in [0.1, 0.15) is 26.7 Å². The van der Waals surface area contributed by atoms with Crippen molar-refractivity contribution < 1.29 is 4.79 Å². The predicted octanol–water partition coefficient (Wildman–Crippen LogP) is 0.711. The van der Waals surface area contributed by atoms with Crippen molar-refractivity contribution in [1.82, 2.24) is 15.1 Å². The lowest BCUT2D eigenvalue weighted by Crippen LogP contribution is -2.56. The largest absolute Gasteiger partial charge is 0.342 e. The van der Waals surface area contributed by atoms with Crippen LogP contribution in [0.4, 0.5) is 0 Å². The van der Waals surface area contributed by atoms with E-state index in [0.717, 1.165) is 13.1 Å². The van der Waals surface area contributed by atoms with Gasteiger partial charge in [-0.3, -0.25) is 9.69 Å². The summed E-state index contributed by atoms with van der Waals surface area (Å²) >= 11 is 0. The average Bonchev–Trinajstić information content (AvgIpc) is 2.97. The molecule has 0 aromatic carbocycles. The summed E-state index contributed by atoms with van der Waals surface area (Å²) in [4.78, 5) is 16.2. The van der Waals surface area contributed by atoms with Crippen molar-refractivity contribution in [3.63, 3.8) is 0 Å². The predicted molar refractivity (Wildman–Crippen MR) is 71.5 cm³/mol. The molecule has 0 aromatic heterocycles. The number of likely N-dealkylation sites (N-methyl/N-ethyl adjacent to an activating group) is 1. The van der Waals surface area contributed by atoms with Gasteiger partial charge in [-0.1, -0.05) is 0 Å². The fraction of sp³-hybridized carbons (Fsp3) is 0.917. The van der Waals surface area contributed by atoms with Crippen molar-refractivity contribution in [3.05, 3.63) is 0 Å². The van der Waals surface area contributed by atoms with Crippen molar-refractivity contribution in [2.75, 3.05) is 26.7 Å². The van der Waals surface area contributed by atoms with E-state index in [2.05, 4.69) is 24.1 Å². The molecule has 1 saturated heterocycles. The minimum atomic E-state index is 0. The molecule has 4 nitrogen and oxygen atoms in total. The molecular formula is C12H24ClN3O. The van der Waals surface area contributed by atoms with Gasteiger partial charge in [0.25, 0.3) is 0 Å². The molecule has 1 saturated carbocycles. The standard InChI is InChI=1S/C12H23N3O.ClH/c1-9-6-15(7-10(2)13-9)8-12(16)14(3)11-4-5-11;/h9-11,13H,4-8H2,1-3H3;1H. The lowest BCUT2D eigenvalue weighted by atomic mass is 10.1. The molecule has 1 aliphatic carbocycles. The number of hydrogen-bond acceptors (Lipinski definition) is 3. The highest BCUT2D eigenvalue weighted by Crippen LogP contribution is 2.25. The maximum Gasteiger partial charge on any atom is 0.236 e. The number of amides is 1. The molecule has 17 heavy (non-hydrogen) atoms. The summed E-state index contributed by atoms with van der Waals surface area (Å²) in [5.41, 5.74) is 0. The Morgan fingerprint density at radius 2 is 1.82 bits per heavy atom. The van der Waals surface area contributed by atoms with Crippen molar-refractivity contribution in [1.29, 1.82) is 0 Å². The third kappa shape index (κ3) is 4.12. The van der Waals surface area contributed by atoms with Gasteiger partial charge in [0.05, 0.1) is 6.54 Å². The first kappa shape index (κ1) is 14.7. The smallest absolute Gasteiger partial charge is 0.236 e. The number of nitrogens with zero attached hydrogens (tertiary/aromatic N) is 2. The molecule has 5 heteroatoms. The highest BCUT2D eigenvalue weighted by molar-refractivity contribution is 5.85. The zero-order valence-electron chi connectivity index (χ0n) is 11.0. The fourth-order valence-corrected chi connectivity index (χ4v) is 2.54. The van der Waals surface area contributed by atoms with Gasteiger partial charge < -0.3 is 10.2 Å². The number of carbonyl (C=O) groups excluding carboxylic acids is 1. The van der Waals surface area contributed by atoms with Crippen LogP contribution in [0.25, 0.3) is 0 Å². The van der Waals surface area contributed by atoms with Crippen LogP contribution in [0.15, 0.2) is 0 Å². The van der Waals surface area contributed by atoms with Gasteiger partial charge in [-0.05, 0) is 26.7 Å². The average molecular weight is 262 g/mol. The molecule has 1 aliphatic heterocycles. The number of hydrogen-bond donors (Lipinski definition) is 1. The molecule has 2 unspecified atom stereocenters. The van der Waals surface area contributed by atoms with Gasteiger partial charge in [-0.2, -0.15) is 0 Å². The van der Waals surface area contributed by atoms with Gasteiger partial charge in [0.1, 0.15) is 0 Å². The Morgan fingerprint density at radius 1 is 1.29 bits per heavy atom. The summed E-state index contributed by atoms with van der Waals surface area (Å²) in [7, 11) is 1.94. The summed E-state index contributed by atoms with van der Waals surface area (Å²) in [6.45, 7) is 6.90. The van der Waals surface area contributed by atoms with Gasteiger partial charge in [0.15, 0.2) is 0 Å². The van der Waals surface area contributed by atoms with E-state index in [1.54, 1.807) is 0 Å². The molecular weight excluding hydrogens is 238 g/mol. The van der Waals surface area contributed by atoms with Gasteiger partial charge in [-0.25, -0.2) is 0 Å². The maximum absolute atomic E-state index is 12.0. The summed E-state index contributed by atoms with van der Waals surface area (Å²) in [5.74, 6) is 0.281. The van der Waals surface area contributed by atoms with E-state index >= 15 is 0 Å². The Kier molecular flexibility index (Phi) is 5.22. The van der Waals surface area contributed by atoms with Crippen molar-refractivity contribution in [2.45, 2.75) is 44.8 Å². The lowest BCUT2D eigenvalue weighted by Gasteiger charge is -2.36. The molecule has 1 N–H and O–H groups in total. The van der Waals surface area contributed by atoms with E-state index < -0.39 is 0 Å². The summed E-state index contributed by atoms with van der Waals surface area (Å²) in [6, 6.07) is 1.51. The van der Waals surface area contributed by atoms with Gasteiger partial charge >= 0.3 is 0 Å². The Balaban J connectivity index is 0.00000144. The summed E-state index contributed by atoms with van der Waals surface area (Å²) < 4.78 is 0. The molecule has 0 bridgehead atoms. The zero-order chi connectivity index (χ0) is 11.7. The van der Waals surface area contributed by atoms with Crippen LogP contribution < -0.4 is 5.32 Å². The fourth-order valence-electron chi connectivity index (χ4n) is 2.54. The van der Waals surface area contributed by atoms with Crippen molar-refractivity contribution in [2.24, 2.45) is 0 Å². The molecule has 1 heterocycles. The van der Waals surface area contributed by atoms with E-state index in [0.29, 0.717) is 24.7 Å². The number of piperazine rings is 1. The molecule has 0 spiro atoms. The quantitative estimate of drug-likeness (QED) is 0.813. The molecule has 100 valence electrons. The van der Waals surface area contributed by atoms with E-state index in [1.807, 2.05) is 11.9 Å². The monoisotopic (exact) mass is 261 g/mol. The number of halogens is 1. The van der Waals surface area contributed by atoms with Crippen LogP contribution in [-0.2, 0) is 4.79 Å². The molecule has 0 aromatic rings. The third-order valence-corrected chi connectivity index (χ3v) is 3.48. The van der Waals surface area contributed by atoms with Gasteiger partial charge in [0, 0.05) is 38.3 Å². The first-order chi connectivity index (χ1) is 7.56. The first-order valence-electron chi connectivity index (χ1n) is 6.30. The van der Waals surface area contributed by atoms with Crippen LogP contribution >= 0.6 is 12.4 Å². The Labute approximate surface area is 110 Å². The normalized spacial score (nSPS) is 29.6. The molecule has 2 fully saturated rings. The number of nitrogens with one attached hydrogen (secondary N) is 1. The van der Waals surface area contributed by atoms with E-state index in [1.165, 1.54) is 12.8 Å². The van der Waals surface area contributed by atoms with Crippen LogP contribution in [0.3, 0.4) is 0 Å². The van der Waals surface area contributed by atoms with E-state index in [4.69, 9.17) is 0 Å². The summed E-state index contributed by atoms with van der Waals surface area (Å²) in [5, 5.41) is 3.48. The van der Waals surface area contributed by atoms with Crippen LogP contribution in [0, 0.1) is 0 Å². The van der Waals surface area contributed by atoms with Gasteiger partial charge in [-0.15, -0.1) is 12.4 Å². The van der Waals surface area contributed by atoms with Crippen molar-refractivity contribution in [3.8, 4) is 0 Å². The van der Waals surface area contributed by atoms with E-state index in [-0.39, 0.29) is 18.3 Å². The highest BCUT2D eigenvalue weighted by Gasteiger charge is 2.31. The summed E-state index contributed by atoms with van der Waals surface area (Å²) in [6.07, 6.45) is 2.38. The minimum Gasteiger partial charge on any atom is -0.342 e. The van der Waals surface area contributed by atoms with Crippen LogP contribution in [0.5, 0.6) is 0 Å². The van der Waals surface area contributed by atoms with Gasteiger partial charge in [0.2, 0.25) is 5.91 Å². The van der Waals surface area contributed by atoms with E-state index in [9.17, 15) is 4.79 Å². The molecule has 0 radical (unpaired) electrons. The molecule has 2 atom stereocenters. The second-order valence-corrected chi connectivity index (χ2v) is 5.40. The topological polar surface area (TPSA) is 35.6 Å². The zero-order valence-corrected chi connectivity index (χ0v) is 11.8. The Hall–Kier alpha value is -0.320. The number of carbonyl (C=O) groups is 1. The molecule has 1 amide bonds. The third-order valence-electron chi connectivity index (χ3n) is 3.48. The first-order valence-corrected chi connectivity index (χ1v) is 6.30. The maximum atomic E-state index is 12.0. The second kappa shape index (κ2) is 6.03. The lowest BCUT2D eigenvalue weighted by molar-refractivity contribution is -0.132. The SMILES string of the molecule is CC1CN(CC(=O)N(C)C2CC2)CC(C)N1.Cl. The van der Waals surface area contributed by atoms with Crippen LogP contribution in [-0.4, -0.2) is 60.5 Å². The second-order valence-electron chi connectivity index (χ2n) is 5.40. The van der Waals surface area contributed by atoms with Crippen LogP contribution in [0.2, 0.25) is 0 Å². The highest BCUT2D eigenvalue weighted by atomic mass is 35.5. The Bertz CT molecular complexity index is 260. The molecule has 2 rings (SSSR count).